The topological polar surface area (TPSA) is 55.8 Å². The number of hydrogen-bond acceptors (Lipinski definition) is 3. The van der Waals surface area contributed by atoms with Crippen LogP contribution in [0.5, 0.6) is 0 Å². The van der Waals surface area contributed by atoms with Gasteiger partial charge in [0, 0.05) is 12.2 Å². The monoisotopic (exact) mass is 290 g/mol. The van der Waals surface area contributed by atoms with Gasteiger partial charge in [0.15, 0.2) is 0 Å². The molecule has 0 spiro atoms. The molecule has 4 nitrogen and oxygen atoms in total. The van der Waals surface area contributed by atoms with E-state index in [1.54, 1.807) is 0 Å². The first-order valence-corrected chi connectivity index (χ1v) is 7.05. The van der Waals surface area contributed by atoms with Crippen LogP contribution in [0.15, 0.2) is 24.3 Å². The van der Waals surface area contributed by atoms with E-state index < -0.39 is 5.97 Å². The molecule has 1 aromatic rings. The zero-order valence-electron chi connectivity index (χ0n) is 12.6. The van der Waals surface area contributed by atoms with Crippen LogP contribution in [0.3, 0.4) is 0 Å². The smallest absolute Gasteiger partial charge is 0.329 e. The highest BCUT2D eigenvalue weighted by Gasteiger charge is 1.97. The predicted octanol–water partition coefficient (Wildman–Crippen LogP) is 2.67. The van der Waals surface area contributed by atoms with E-state index in [9.17, 15) is 4.79 Å². The molecule has 0 atom stereocenters. The molecule has 1 N–H and O–H groups in total. The van der Waals surface area contributed by atoms with Crippen molar-refractivity contribution in [3.63, 3.8) is 0 Å². The van der Waals surface area contributed by atoms with Crippen molar-refractivity contribution in [2.24, 2.45) is 0 Å². The molecule has 0 saturated carbocycles. The van der Waals surface area contributed by atoms with Gasteiger partial charge in [0.05, 0.1) is 6.61 Å². The van der Waals surface area contributed by atoms with Crippen LogP contribution >= 0.6 is 0 Å². The minimum absolute atomic E-state index is 0.258. The number of carboxylic acid groups (broad SMARTS) is 1. The Hall–Kier alpha value is -1.83. The Morgan fingerprint density at radius 1 is 1.19 bits per heavy atom. The van der Waals surface area contributed by atoms with Gasteiger partial charge in [-0.15, -0.1) is 0 Å². The molecule has 4 heteroatoms. The van der Waals surface area contributed by atoms with E-state index in [1.807, 2.05) is 12.1 Å². The maximum absolute atomic E-state index is 10.2. The number of rotatable bonds is 8. The third kappa shape index (κ3) is 8.13. The van der Waals surface area contributed by atoms with Crippen LogP contribution in [0.1, 0.15) is 37.3 Å². The largest absolute Gasteiger partial charge is 0.480 e. The van der Waals surface area contributed by atoms with Crippen LogP contribution in [0.2, 0.25) is 0 Å². The van der Waals surface area contributed by atoms with E-state index in [2.05, 4.69) is 37.8 Å². The fraction of sp³-hybridized carbons (Fsp3) is 0.471. The molecule has 114 valence electrons. The Morgan fingerprint density at radius 2 is 1.86 bits per heavy atom. The lowest BCUT2D eigenvalue weighted by Gasteiger charge is -2.03. The van der Waals surface area contributed by atoms with Gasteiger partial charge in [0.25, 0.3) is 0 Å². The van der Waals surface area contributed by atoms with E-state index in [0.29, 0.717) is 32.2 Å². The van der Waals surface area contributed by atoms with Crippen LogP contribution in [0, 0.1) is 11.8 Å². The van der Waals surface area contributed by atoms with Gasteiger partial charge in [0.1, 0.15) is 13.2 Å². The summed E-state index contributed by atoms with van der Waals surface area (Å²) in [5, 5.41) is 8.37. The summed E-state index contributed by atoms with van der Waals surface area (Å²) in [6.45, 7) is 5.33. The number of benzene rings is 1. The molecular weight excluding hydrogens is 268 g/mol. The highest BCUT2D eigenvalue weighted by atomic mass is 16.5. The zero-order valence-corrected chi connectivity index (χ0v) is 12.6. The second-order valence-electron chi connectivity index (χ2n) is 4.93. The summed E-state index contributed by atoms with van der Waals surface area (Å²) in [7, 11) is 0. The Balaban J connectivity index is 2.14. The minimum atomic E-state index is -0.953. The second-order valence-corrected chi connectivity index (χ2v) is 4.93. The molecule has 0 aliphatic rings. The van der Waals surface area contributed by atoms with Crippen molar-refractivity contribution in [1.29, 1.82) is 0 Å². The van der Waals surface area contributed by atoms with Gasteiger partial charge >= 0.3 is 5.97 Å². The number of aliphatic carboxylic acids is 1. The first-order chi connectivity index (χ1) is 10.1. The first-order valence-electron chi connectivity index (χ1n) is 7.05. The van der Waals surface area contributed by atoms with Crippen molar-refractivity contribution in [1.82, 2.24) is 0 Å². The third-order valence-corrected chi connectivity index (χ3v) is 2.79. The minimum Gasteiger partial charge on any atom is -0.480 e. The van der Waals surface area contributed by atoms with E-state index in [0.717, 1.165) is 5.56 Å². The Morgan fingerprint density at radius 3 is 2.48 bits per heavy atom. The summed E-state index contributed by atoms with van der Waals surface area (Å²) in [4.78, 5) is 10.2. The van der Waals surface area contributed by atoms with Crippen molar-refractivity contribution in [3.8, 4) is 11.8 Å². The molecule has 0 unspecified atom stereocenters. The SMILES string of the molecule is CC(C)c1ccc(C#CCOCCCOCC(=O)O)cc1. The van der Waals surface area contributed by atoms with Crippen molar-refractivity contribution in [3.05, 3.63) is 35.4 Å². The zero-order chi connectivity index (χ0) is 15.5. The fourth-order valence-electron chi connectivity index (χ4n) is 1.64. The Labute approximate surface area is 126 Å². The van der Waals surface area contributed by atoms with Gasteiger partial charge in [-0.1, -0.05) is 37.8 Å². The summed E-state index contributed by atoms with van der Waals surface area (Å²) in [5.41, 5.74) is 2.28. The average molecular weight is 290 g/mol. The lowest BCUT2D eigenvalue weighted by molar-refractivity contribution is -0.142. The molecule has 0 saturated heterocycles. The van der Waals surface area contributed by atoms with Crippen molar-refractivity contribution < 1.29 is 19.4 Å². The van der Waals surface area contributed by atoms with E-state index in [4.69, 9.17) is 14.6 Å². The second kappa shape index (κ2) is 9.98. The summed E-state index contributed by atoms with van der Waals surface area (Å²) in [5.74, 6) is 5.57. The number of carbonyl (C=O) groups is 1. The molecule has 0 aliphatic heterocycles. The van der Waals surface area contributed by atoms with Gasteiger partial charge in [-0.2, -0.15) is 0 Å². The van der Waals surface area contributed by atoms with Gasteiger partial charge in [-0.25, -0.2) is 4.79 Å². The molecule has 1 rings (SSSR count). The Kier molecular flexibility index (Phi) is 8.18. The van der Waals surface area contributed by atoms with Crippen molar-refractivity contribution in [2.45, 2.75) is 26.2 Å². The molecule has 0 aromatic heterocycles. The summed E-state index contributed by atoms with van der Waals surface area (Å²) in [6, 6.07) is 8.22. The molecule has 0 bridgehead atoms. The van der Waals surface area contributed by atoms with E-state index in [-0.39, 0.29) is 6.61 Å². The number of hydrogen-bond donors (Lipinski definition) is 1. The summed E-state index contributed by atoms with van der Waals surface area (Å²) < 4.78 is 10.2. The molecular formula is C17H22O4. The van der Waals surface area contributed by atoms with Crippen LogP contribution in [0.4, 0.5) is 0 Å². The summed E-state index contributed by atoms with van der Waals surface area (Å²) in [6.07, 6.45) is 0.665. The van der Waals surface area contributed by atoms with Gasteiger partial charge in [-0.3, -0.25) is 0 Å². The molecule has 0 fully saturated rings. The lowest BCUT2D eigenvalue weighted by Crippen LogP contribution is -2.09. The molecule has 0 heterocycles. The van der Waals surface area contributed by atoms with Gasteiger partial charge < -0.3 is 14.6 Å². The molecule has 0 aliphatic carbocycles. The van der Waals surface area contributed by atoms with Crippen LogP contribution in [-0.2, 0) is 14.3 Å². The average Bonchev–Trinajstić information content (AvgIpc) is 2.45. The van der Waals surface area contributed by atoms with Crippen LogP contribution in [-0.4, -0.2) is 37.5 Å². The first kappa shape index (κ1) is 17.2. The van der Waals surface area contributed by atoms with Crippen LogP contribution < -0.4 is 0 Å². The highest BCUT2D eigenvalue weighted by molar-refractivity contribution is 5.67. The molecule has 0 amide bonds. The quantitative estimate of drug-likeness (QED) is 0.591. The fourth-order valence-corrected chi connectivity index (χ4v) is 1.64. The van der Waals surface area contributed by atoms with Gasteiger partial charge in [0.2, 0.25) is 0 Å². The molecule has 1 aromatic carbocycles. The maximum Gasteiger partial charge on any atom is 0.329 e. The van der Waals surface area contributed by atoms with E-state index in [1.165, 1.54) is 5.56 Å². The van der Waals surface area contributed by atoms with Crippen LogP contribution in [0.25, 0.3) is 0 Å². The normalized spacial score (nSPS) is 10.2. The number of carboxylic acids is 1. The third-order valence-electron chi connectivity index (χ3n) is 2.79. The lowest BCUT2D eigenvalue weighted by atomic mass is 10.0. The van der Waals surface area contributed by atoms with E-state index >= 15 is 0 Å². The highest BCUT2D eigenvalue weighted by Crippen LogP contribution is 2.13. The van der Waals surface area contributed by atoms with Gasteiger partial charge in [-0.05, 0) is 30.0 Å². The molecule has 21 heavy (non-hydrogen) atoms. The Bertz CT molecular complexity index is 480. The standard InChI is InChI=1S/C17H22O4/c1-14(2)16-8-6-15(7-9-16)5-3-10-20-11-4-12-21-13-17(18)19/h6-9,14H,4,10-13H2,1-2H3,(H,18,19). The number of ether oxygens (including phenoxy) is 2. The van der Waals surface area contributed by atoms with Crippen molar-refractivity contribution >= 4 is 5.97 Å². The molecule has 0 radical (unpaired) electrons. The predicted molar refractivity (Wildman–Crippen MR) is 81.3 cm³/mol. The maximum atomic E-state index is 10.2. The summed E-state index contributed by atoms with van der Waals surface area (Å²) >= 11 is 0. The van der Waals surface area contributed by atoms with Crippen molar-refractivity contribution in [2.75, 3.05) is 26.4 Å².